The summed E-state index contributed by atoms with van der Waals surface area (Å²) in [6.07, 6.45) is 1.02. The molecule has 3 aromatic carbocycles. The first kappa shape index (κ1) is 18.7. The van der Waals surface area contributed by atoms with E-state index in [-0.39, 0.29) is 21.7 Å². The van der Waals surface area contributed by atoms with Gasteiger partial charge in [-0.2, -0.15) is 0 Å². The van der Waals surface area contributed by atoms with Gasteiger partial charge in [-0.15, -0.1) is 0 Å². The second kappa shape index (κ2) is 7.28. The van der Waals surface area contributed by atoms with Crippen LogP contribution in [-0.4, -0.2) is 20.6 Å². The Kier molecular flexibility index (Phi) is 5.05. The lowest BCUT2D eigenvalue weighted by Crippen LogP contribution is -2.15. The molecule has 0 bridgehead atoms. The van der Waals surface area contributed by atoms with E-state index in [1.165, 1.54) is 24.3 Å². The number of sulfone groups is 1. The van der Waals surface area contributed by atoms with Gasteiger partial charge in [0.1, 0.15) is 11.6 Å². The average molecular weight is 387 g/mol. The number of hydrogen-bond acceptors (Lipinski definition) is 3. The van der Waals surface area contributed by atoms with E-state index >= 15 is 0 Å². The molecule has 138 valence electrons. The lowest BCUT2D eigenvalue weighted by molar-refractivity contribution is 0.102. The lowest BCUT2D eigenvalue weighted by atomic mass is 10.0. The summed E-state index contributed by atoms with van der Waals surface area (Å²) in [4.78, 5) is 12.5. The summed E-state index contributed by atoms with van der Waals surface area (Å²) in [5.74, 6) is -2.41. The van der Waals surface area contributed by atoms with Crippen LogP contribution in [0.15, 0.2) is 71.6 Å². The topological polar surface area (TPSA) is 63.2 Å². The largest absolute Gasteiger partial charge is 0.319 e. The van der Waals surface area contributed by atoms with Crippen molar-refractivity contribution < 1.29 is 22.0 Å². The van der Waals surface area contributed by atoms with Gasteiger partial charge in [0.25, 0.3) is 5.91 Å². The van der Waals surface area contributed by atoms with Gasteiger partial charge in [0.15, 0.2) is 9.84 Å². The second-order valence-corrected chi connectivity index (χ2v) is 7.95. The number of halogens is 2. The number of amides is 1. The molecule has 3 rings (SSSR count). The molecule has 0 aliphatic carbocycles. The molecule has 0 saturated heterocycles. The first-order valence-corrected chi connectivity index (χ1v) is 9.81. The van der Waals surface area contributed by atoms with Crippen LogP contribution in [0.4, 0.5) is 14.5 Å². The molecule has 7 heteroatoms. The van der Waals surface area contributed by atoms with Crippen LogP contribution in [0.1, 0.15) is 10.4 Å². The highest BCUT2D eigenvalue weighted by Gasteiger charge is 2.18. The van der Waals surface area contributed by atoms with Crippen LogP contribution in [0.5, 0.6) is 0 Å². The molecule has 0 aliphatic rings. The first-order chi connectivity index (χ1) is 12.8. The Morgan fingerprint density at radius 1 is 0.926 bits per heavy atom. The monoisotopic (exact) mass is 387 g/mol. The molecule has 27 heavy (non-hydrogen) atoms. The van der Waals surface area contributed by atoms with Crippen molar-refractivity contribution in [2.45, 2.75) is 4.90 Å². The maximum absolute atomic E-state index is 14.4. The summed E-state index contributed by atoms with van der Waals surface area (Å²) < 4.78 is 51.4. The van der Waals surface area contributed by atoms with E-state index in [1.807, 2.05) is 0 Å². The van der Waals surface area contributed by atoms with Gasteiger partial charge in [-0.25, -0.2) is 17.2 Å². The minimum absolute atomic E-state index is 0.0296. The summed E-state index contributed by atoms with van der Waals surface area (Å²) >= 11 is 0. The van der Waals surface area contributed by atoms with Crippen molar-refractivity contribution in [3.05, 3.63) is 83.9 Å². The van der Waals surface area contributed by atoms with Crippen molar-refractivity contribution in [3.63, 3.8) is 0 Å². The van der Waals surface area contributed by atoms with Gasteiger partial charge in [0, 0.05) is 23.4 Å². The second-order valence-electron chi connectivity index (χ2n) is 5.93. The number of carbonyl (C=O) groups excluding carboxylic acids is 1. The van der Waals surface area contributed by atoms with Crippen molar-refractivity contribution in [2.75, 3.05) is 11.6 Å². The van der Waals surface area contributed by atoms with Gasteiger partial charge >= 0.3 is 0 Å². The quantitative estimate of drug-likeness (QED) is 0.727. The smallest absolute Gasteiger partial charge is 0.255 e. The van der Waals surface area contributed by atoms with Gasteiger partial charge in [0.05, 0.1) is 10.6 Å². The van der Waals surface area contributed by atoms with E-state index < -0.39 is 27.4 Å². The van der Waals surface area contributed by atoms with Crippen LogP contribution in [0.3, 0.4) is 0 Å². The highest BCUT2D eigenvalue weighted by Crippen LogP contribution is 2.32. The number of rotatable bonds is 4. The average Bonchev–Trinajstić information content (AvgIpc) is 2.63. The minimum atomic E-state index is -3.50. The van der Waals surface area contributed by atoms with Gasteiger partial charge in [-0.3, -0.25) is 4.79 Å². The van der Waals surface area contributed by atoms with Crippen LogP contribution < -0.4 is 5.32 Å². The molecule has 3 aromatic rings. The van der Waals surface area contributed by atoms with Gasteiger partial charge in [-0.1, -0.05) is 36.4 Å². The summed E-state index contributed by atoms with van der Waals surface area (Å²) in [6, 6.07) is 15.7. The molecular weight excluding hydrogens is 372 g/mol. The molecule has 0 aliphatic heterocycles. The highest BCUT2D eigenvalue weighted by molar-refractivity contribution is 7.90. The molecule has 0 heterocycles. The zero-order chi connectivity index (χ0) is 19.6. The van der Waals surface area contributed by atoms with E-state index in [1.54, 1.807) is 30.3 Å². The number of anilines is 1. The highest BCUT2D eigenvalue weighted by atomic mass is 32.2. The van der Waals surface area contributed by atoms with Crippen molar-refractivity contribution in [1.29, 1.82) is 0 Å². The predicted octanol–water partition coefficient (Wildman–Crippen LogP) is 4.29. The molecule has 0 radical (unpaired) electrons. The molecule has 0 atom stereocenters. The maximum atomic E-state index is 14.4. The van der Waals surface area contributed by atoms with Crippen LogP contribution >= 0.6 is 0 Å². The summed E-state index contributed by atoms with van der Waals surface area (Å²) in [6.45, 7) is 0. The van der Waals surface area contributed by atoms with Crippen LogP contribution in [0.2, 0.25) is 0 Å². The van der Waals surface area contributed by atoms with Crippen molar-refractivity contribution >= 4 is 21.4 Å². The Balaban J connectivity index is 2.02. The maximum Gasteiger partial charge on any atom is 0.255 e. The van der Waals surface area contributed by atoms with Crippen LogP contribution in [0.25, 0.3) is 11.1 Å². The normalized spacial score (nSPS) is 11.2. The third-order valence-electron chi connectivity index (χ3n) is 3.90. The third kappa shape index (κ3) is 4.20. The number of hydrogen-bond donors (Lipinski definition) is 1. The Morgan fingerprint density at radius 2 is 1.63 bits per heavy atom. The number of carbonyl (C=O) groups is 1. The van der Waals surface area contributed by atoms with Gasteiger partial charge in [-0.05, 0) is 29.8 Å². The van der Waals surface area contributed by atoms with E-state index in [2.05, 4.69) is 5.32 Å². The summed E-state index contributed by atoms with van der Waals surface area (Å²) in [5.41, 5.74) is 0.565. The lowest BCUT2D eigenvalue weighted by Gasteiger charge is -2.13. The fourth-order valence-corrected chi connectivity index (χ4v) is 3.27. The molecule has 0 aromatic heterocycles. The Morgan fingerprint density at radius 3 is 2.30 bits per heavy atom. The number of benzene rings is 3. The first-order valence-electron chi connectivity index (χ1n) is 7.91. The predicted molar refractivity (Wildman–Crippen MR) is 99.3 cm³/mol. The molecule has 0 spiro atoms. The standard InChI is InChI=1S/C20H15F2NO3S/c1-27(25,26)16-9-5-8-14(10-16)20(24)23-19-17(11-15(21)12-18(19)22)13-6-3-2-4-7-13/h2-12H,1H3,(H,23,24). The minimum Gasteiger partial charge on any atom is -0.319 e. The Bertz CT molecular complexity index is 1110. The van der Waals surface area contributed by atoms with Crippen LogP contribution in [0, 0.1) is 11.6 Å². The SMILES string of the molecule is CS(=O)(=O)c1cccc(C(=O)Nc2c(F)cc(F)cc2-c2ccccc2)c1. The number of nitrogens with one attached hydrogen (secondary N) is 1. The molecule has 1 amide bonds. The molecule has 0 unspecified atom stereocenters. The molecule has 4 nitrogen and oxygen atoms in total. The van der Waals surface area contributed by atoms with Gasteiger partial charge in [0.2, 0.25) is 0 Å². The molecule has 0 fully saturated rings. The zero-order valence-electron chi connectivity index (χ0n) is 14.2. The molecule has 1 N–H and O–H groups in total. The third-order valence-corrected chi connectivity index (χ3v) is 5.01. The Hall–Kier alpha value is -3.06. The fraction of sp³-hybridized carbons (Fsp3) is 0.0500. The summed E-state index contributed by atoms with van der Waals surface area (Å²) in [5, 5.41) is 2.42. The van der Waals surface area contributed by atoms with Crippen molar-refractivity contribution in [2.24, 2.45) is 0 Å². The van der Waals surface area contributed by atoms with Crippen molar-refractivity contribution in [3.8, 4) is 11.1 Å². The van der Waals surface area contributed by atoms with Gasteiger partial charge < -0.3 is 5.32 Å². The fourth-order valence-electron chi connectivity index (χ4n) is 2.60. The van der Waals surface area contributed by atoms with E-state index in [0.717, 1.165) is 12.3 Å². The zero-order valence-corrected chi connectivity index (χ0v) is 15.1. The van der Waals surface area contributed by atoms with E-state index in [4.69, 9.17) is 0 Å². The molecular formula is C20H15F2NO3S. The molecule has 0 saturated carbocycles. The Labute approximate surface area is 155 Å². The van der Waals surface area contributed by atoms with Crippen molar-refractivity contribution in [1.82, 2.24) is 0 Å². The summed E-state index contributed by atoms with van der Waals surface area (Å²) in [7, 11) is -3.50. The van der Waals surface area contributed by atoms with E-state index in [0.29, 0.717) is 11.6 Å². The van der Waals surface area contributed by atoms with E-state index in [9.17, 15) is 22.0 Å². The van der Waals surface area contributed by atoms with Crippen LogP contribution in [-0.2, 0) is 9.84 Å².